The first-order valence-corrected chi connectivity index (χ1v) is 5.34. The average molecular weight is 241 g/mol. The fourth-order valence-corrected chi connectivity index (χ4v) is 1.98. The summed E-state index contributed by atoms with van der Waals surface area (Å²) in [6, 6.07) is 6.91. The van der Waals surface area contributed by atoms with Crippen LogP contribution in [0.1, 0.15) is 16.1 Å². The summed E-state index contributed by atoms with van der Waals surface area (Å²) in [5.41, 5.74) is 1.64. The second kappa shape index (κ2) is 3.76. The van der Waals surface area contributed by atoms with E-state index in [1.165, 1.54) is 9.58 Å². The van der Waals surface area contributed by atoms with Crippen molar-refractivity contribution in [2.75, 3.05) is 4.90 Å². The molecule has 0 bridgehead atoms. The number of aromatic nitrogens is 3. The van der Waals surface area contributed by atoms with E-state index in [9.17, 15) is 9.59 Å². The molecule has 6 nitrogen and oxygen atoms in total. The lowest BCUT2D eigenvalue weighted by Crippen LogP contribution is -2.29. The number of rotatable bonds is 2. The lowest BCUT2D eigenvalue weighted by atomic mass is 10.1. The van der Waals surface area contributed by atoms with Gasteiger partial charge >= 0.3 is 0 Å². The number of Topliss-reactive ketones (excluding diaryl/α,β-unsaturated/α-hetero) is 1. The number of fused-ring (bicyclic) bond motifs is 1. The number of ketones is 1. The molecule has 89 valence electrons. The van der Waals surface area contributed by atoms with Gasteiger partial charge in [0.25, 0.3) is 11.7 Å². The number of hydrogen-bond donors (Lipinski definition) is 0. The molecule has 0 atom stereocenters. The van der Waals surface area contributed by atoms with Crippen molar-refractivity contribution in [3.63, 3.8) is 0 Å². The van der Waals surface area contributed by atoms with Crippen LogP contribution in [-0.4, -0.2) is 26.7 Å². The van der Waals surface area contributed by atoms with E-state index in [0.717, 1.165) is 0 Å². The molecular formula is C12H9N4O2. The van der Waals surface area contributed by atoms with E-state index in [1.54, 1.807) is 30.5 Å². The summed E-state index contributed by atoms with van der Waals surface area (Å²) in [4.78, 5) is 25.0. The van der Waals surface area contributed by atoms with Crippen LogP contribution < -0.4 is 4.90 Å². The highest BCUT2D eigenvalue weighted by atomic mass is 16.2. The van der Waals surface area contributed by atoms with Crippen LogP contribution in [0.25, 0.3) is 0 Å². The minimum absolute atomic E-state index is 0.219. The Morgan fingerprint density at radius 1 is 1.22 bits per heavy atom. The number of amides is 1. The van der Waals surface area contributed by atoms with E-state index in [0.29, 0.717) is 16.9 Å². The maximum Gasteiger partial charge on any atom is 0.299 e. The molecular weight excluding hydrogens is 232 g/mol. The maximum atomic E-state index is 11.9. The topological polar surface area (TPSA) is 68.1 Å². The third-order valence-electron chi connectivity index (χ3n) is 2.79. The van der Waals surface area contributed by atoms with E-state index in [-0.39, 0.29) is 6.54 Å². The van der Waals surface area contributed by atoms with Crippen LogP contribution in [0.3, 0.4) is 0 Å². The van der Waals surface area contributed by atoms with Gasteiger partial charge in [0.15, 0.2) is 0 Å². The fourth-order valence-electron chi connectivity index (χ4n) is 1.98. The molecule has 1 amide bonds. The Bertz CT molecular complexity index is 647. The highest BCUT2D eigenvalue weighted by Gasteiger charge is 2.35. The Hall–Kier alpha value is -2.50. The Labute approximate surface area is 103 Å². The predicted octanol–water partition coefficient (Wildman–Crippen LogP) is 0.647. The van der Waals surface area contributed by atoms with Crippen molar-refractivity contribution in [1.82, 2.24) is 15.0 Å². The molecule has 2 aromatic rings. The maximum absolute atomic E-state index is 11.9. The van der Waals surface area contributed by atoms with Crippen molar-refractivity contribution >= 4 is 17.4 Å². The molecule has 0 aliphatic carbocycles. The molecule has 0 spiro atoms. The second-order valence-corrected chi connectivity index (χ2v) is 3.99. The molecule has 1 aromatic carbocycles. The molecule has 0 saturated heterocycles. The number of hydrogen-bond acceptors (Lipinski definition) is 4. The standard InChI is InChI=1S/C12H9N4O2/c1-15-6-8(13-14-15)7-16-10-5-3-2-4-9(10)11(17)12(16)18/h2-6H,1,7H2. The van der Waals surface area contributed by atoms with Crippen LogP contribution in [0.4, 0.5) is 5.69 Å². The summed E-state index contributed by atoms with van der Waals surface area (Å²) >= 11 is 0. The first-order valence-electron chi connectivity index (χ1n) is 5.34. The van der Waals surface area contributed by atoms with Crippen molar-refractivity contribution in [1.29, 1.82) is 0 Å². The third-order valence-corrected chi connectivity index (χ3v) is 2.79. The first-order chi connectivity index (χ1) is 8.66. The SMILES string of the molecule is [CH2]n1cc(CN2C(=O)C(=O)c3ccccc32)nn1. The summed E-state index contributed by atoms with van der Waals surface area (Å²) < 4.78 is 1.31. The van der Waals surface area contributed by atoms with Gasteiger partial charge < -0.3 is 0 Å². The molecule has 6 heteroatoms. The highest BCUT2D eigenvalue weighted by molar-refractivity contribution is 6.52. The quantitative estimate of drug-likeness (QED) is 0.724. The van der Waals surface area contributed by atoms with Crippen LogP contribution in [0.5, 0.6) is 0 Å². The Morgan fingerprint density at radius 2 is 2.00 bits per heavy atom. The minimum atomic E-state index is -0.533. The lowest BCUT2D eigenvalue weighted by molar-refractivity contribution is -0.114. The van der Waals surface area contributed by atoms with Crippen LogP contribution in [0.2, 0.25) is 0 Å². The van der Waals surface area contributed by atoms with Crippen LogP contribution in [-0.2, 0) is 11.3 Å². The normalized spacial score (nSPS) is 14.2. The number of benzene rings is 1. The molecule has 1 aliphatic rings. The number of para-hydroxylation sites is 1. The predicted molar refractivity (Wildman–Crippen MR) is 62.7 cm³/mol. The summed E-state index contributed by atoms with van der Waals surface area (Å²) in [6.07, 6.45) is 1.61. The molecule has 2 heterocycles. The average Bonchev–Trinajstić information content (AvgIpc) is 2.88. The largest absolute Gasteiger partial charge is 0.299 e. The molecule has 1 aromatic heterocycles. The van der Waals surface area contributed by atoms with E-state index in [2.05, 4.69) is 17.4 Å². The van der Waals surface area contributed by atoms with Crippen molar-refractivity contribution in [3.05, 3.63) is 48.8 Å². The van der Waals surface area contributed by atoms with Gasteiger partial charge in [-0.15, -0.1) is 5.10 Å². The summed E-state index contributed by atoms with van der Waals surface area (Å²) in [7, 11) is 3.57. The number of carbonyl (C=O) groups excluding carboxylic acids is 2. The molecule has 1 radical (unpaired) electrons. The van der Waals surface area contributed by atoms with Gasteiger partial charge in [0.1, 0.15) is 5.69 Å². The lowest BCUT2D eigenvalue weighted by Gasteiger charge is -2.14. The fraction of sp³-hybridized carbons (Fsp3) is 0.0833. The number of carbonyl (C=O) groups is 2. The molecule has 3 rings (SSSR count). The Morgan fingerprint density at radius 3 is 2.72 bits per heavy atom. The van der Waals surface area contributed by atoms with Crippen molar-refractivity contribution < 1.29 is 9.59 Å². The van der Waals surface area contributed by atoms with Crippen molar-refractivity contribution in [3.8, 4) is 0 Å². The highest BCUT2D eigenvalue weighted by Crippen LogP contribution is 2.29. The monoisotopic (exact) mass is 241 g/mol. The zero-order valence-corrected chi connectivity index (χ0v) is 9.41. The van der Waals surface area contributed by atoms with Gasteiger partial charge in [0.05, 0.1) is 31.0 Å². The van der Waals surface area contributed by atoms with E-state index >= 15 is 0 Å². The molecule has 0 saturated carbocycles. The van der Waals surface area contributed by atoms with Gasteiger partial charge in [-0.05, 0) is 12.1 Å². The molecule has 1 aliphatic heterocycles. The van der Waals surface area contributed by atoms with E-state index < -0.39 is 11.7 Å². The number of nitrogens with zero attached hydrogens (tertiary/aromatic N) is 4. The molecule has 18 heavy (non-hydrogen) atoms. The number of anilines is 1. The van der Waals surface area contributed by atoms with Gasteiger partial charge in [-0.25, -0.2) is 0 Å². The van der Waals surface area contributed by atoms with Gasteiger partial charge in [-0.2, -0.15) is 0 Å². The summed E-state index contributed by atoms with van der Waals surface area (Å²) in [5, 5.41) is 7.55. The Balaban J connectivity index is 1.98. The zero-order chi connectivity index (χ0) is 12.7. The van der Waals surface area contributed by atoms with Gasteiger partial charge in [-0.3, -0.25) is 19.2 Å². The van der Waals surface area contributed by atoms with Gasteiger partial charge in [0, 0.05) is 0 Å². The molecule has 0 unspecified atom stereocenters. The summed E-state index contributed by atoms with van der Waals surface area (Å²) in [6.45, 7) is 0.219. The van der Waals surface area contributed by atoms with Crippen LogP contribution in [0, 0.1) is 7.05 Å². The minimum Gasteiger partial charge on any atom is -0.299 e. The Kier molecular flexibility index (Phi) is 2.22. The summed E-state index contributed by atoms with van der Waals surface area (Å²) in [5.74, 6) is -1.01. The molecule has 0 N–H and O–H groups in total. The second-order valence-electron chi connectivity index (χ2n) is 3.99. The van der Waals surface area contributed by atoms with Crippen LogP contribution >= 0.6 is 0 Å². The van der Waals surface area contributed by atoms with Crippen LogP contribution in [0.15, 0.2) is 30.5 Å². The van der Waals surface area contributed by atoms with Crippen molar-refractivity contribution in [2.24, 2.45) is 0 Å². The van der Waals surface area contributed by atoms with Gasteiger partial charge in [0.2, 0.25) is 0 Å². The molecule has 0 fully saturated rings. The first kappa shape index (κ1) is 10.6. The van der Waals surface area contributed by atoms with Crippen molar-refractivity contribution in [2.45, 2.75) is 6.54 Å². The third kappa shape index (κ3) is 1.50. The smallest absolute Gasteiger partial charge is 0.299 e. The zero-order valence-electron chi connectivity index (χ0n) is 9.41. The van der Waals surface area contributed by atoms with E-state index in [1.807, 2.05) is 0 Å². The van der Waals surface area contributed by atoms with Gasteiger partial charge in [-0.1, -0.05) is 17.3 Å². The van der Waals surface area contributed by atoms with E-state index in [4.69, 9.17) is 0 Å².